The molecule has 1 amide bonds. The van der Waals surface area contributed by atoms with Crippen molar-refractivity contribution in [3.05, 3.63) is 57.6 Å². The summed E-state index contributed by atoms with van der Waals surface area (Å²) < 4.78 is 5.70. The predicted octanol–water partition coefficient (Wildman–Crippen LogP) is 4.50. The van der Waals surface area contributed by atoms with Crippen molar-refractivity contribution in [2.45, 2.75) is 26.4 Å². The van der Waals surface area contributed by atoms with E-state index in [0.717, 1.165) is 0 Å². The Labute approximate surface area is 148 Å². The third-order valence-corrected chi connectivity index (χ3v) is 4.68. The standard InChI is InChI=1S/C17H16ClN3O2S/c1-11(2)21(17(22)14-8-5-9-24-14)10-15-19-20-16(23-15)12-6-3-4-7-13(12)18/h3-9,11H,10H2,1-2H3. The number of hydrogen-bond acceptors (Lipinski definition) is 5. The largest absolute Gasteiger partial charge is 0.419 e. The first-order valence-corrected chi connectivity index (χ1v) is 8.73. The van der Waals surface area contributed by atoms with E-state index in [-0.39, 0.29) is 18.5 Å². The van der Waals surface area contributed by atoms with Gasteiger partial charge in [0.2, 0.25) is 11.8 Å². The average Bonchev–Trinajstić information content (AvgIpc) is 3.24. The topological polar surface area (TPSA) is 59.2 Å². The van der Waals surface area contributed by atoms with Crippen molar-refractivity contribution in [2.75, 3.05) is 0 Å². The summed E-state index contributed by atoms with van der Waals surface area (Å²) in [5, 5.41) is 10.5. The number of rotatable bonds is 5. The molecule has 5 nitrogen and oxygen atoms in total. The third kappa shape index (κ3) is 3.49. The molecule has 2 aromatic heterocycles. The van der Waals surface area contributed by atoms with E-state index in [9.17, 15) is 4.79 Å². The second-order valence-corrected chi connectivity index (χ2v) is 6.84. The maximum Gasteiger partial charge on any atom is 0.264 e. The van der Waals surface area contributed by atoms with E-state index in [0.29, 0.717) is 27.2 Å². The number of thiophene rings is 1. The lowest BCUT2D eigenvalue weighted by Gasteiger charge is -2.24. The Morgan fingerprint density at radius 1 is 1.25 bits per heavy atom. The van der Waals surface area contributed by atoms with E-state index in [1.54, 1.807) is 11.0 Å². The molecule has 3 aromatic rings. The predicted molar refractivity (Wildman–Crippen MR) is 94.1 cm³/mol. The monoisotopic (exact) mass is 361 g/mol. The summed E-state index contributed by atoms with van der Waals surface area (Å²) in [6.45, 7) is 4.17. The summed E-state index contributed by atoms with van der Waals surface area (Å²) in [5.74, 6) is 0.684. The van der Waals surface area contributed by atoms with Gasteiger partial charge in [0.1, 0.15) is 0 Å². The molecule has 1 aromatic carbocycles. The zero-order valence-electron chi connectivity index (χ0n) is 13.3. The molecule has 0 fully saturated rings. The smallest absolute Gasteiger partial charge is 0.264 e. The number of aromatic nitrogens is 2. The van der Waals surface area contributed by atoms with Gasteiger partial charge in [0.15, 0.2) is 0 Å². The van der Waals surface area contributed by atoms with Crippen molar-refractivity contribution in [2.24, 2.45) is 0 Å². The summed E-state index contributed by atoms with van der Waals surface area (Å²) in [4.78, 5) is 15.0. The molecule has 124 valence electrons. The van der Waals surface area contributed by atoms with Crippen LogP contribution in [0.15, 0.2) is 46.2 Å². The van der Waals surface area contributed by atoms with E-state index < -0.39 is 0 Å². The number of carbonyl (C=O) groups is 1. The van der Waals surface area contributed by atoms with Gasteiger partial charge in [0.05, 0.1) is 22.0 Å². The molecule has 0 radical (unpaired) electrons. The summed E-state index contributed by atoms with van der Waals surface area (Å²) in [5.41, 5.74) is 0.679. The minimum absolute atomic E-state index is 0.00950. The van der Waals surface area contributed by atoms with Crippen LogP contribution >= 0.6 is 22.9 Å². The molecule has 3 rings (SSSR count). The summed E-state index contributed by atoms with van der Waals surface area (Å²) in [6, 6.07) is 11.0. The summed E-state index contributed by atoms with van der Waals surface area (Å²) in [7, 11) is 0. The second-order valence-electron chi connectivity index (χ2n) is 5.48. The fourth-order valence-electron chi connectivity index (χ4n) is 2.24. The van der Waals surface area contributed by atoms with E-state index in [2.05, 4.69) is 10.2 Å². The highest BCUT2D eigenvalue weighted by Gasteiger charge is 2.22. The van der Waals surface area contributed by atoms with Gasteiger partial charge in [-0.15, -0.1) is 21.5 Å². The Hall–Kier alpha value is -2.18. The van der Waals surface area contributed by atoms with E-state index >= 15 is 0 Å². The highest BCUT2D eigenvalue weighted by atomic mass is 35.5. The lowest BCUT2D eigenvalue weighted by atomic mass is 10.2. The van der Waals surface area contributed by atoms with Gasteiger partial charge in [-0.1, -0.05) is 29.8 Å². The molecule has 0 spiro atoms. The Kier molecular flexibility index (Phi) is 4.97. The maximum atomic E-state index is 12.6. The van der Waals surface area contributed by atoms with Gasteiger partial charge < -0.3 is 9.32 Å². The highest BCUT2D eigenvalue weighted by Crippen LogP contribution is 2.26. The molecule has 2 heterocycles. The molecule has 7 heteroatoms. The molecule has 0 aliphatic heterocycles. The third-order valence-electron chi connectivity index (χ3n) is 3.49. The van der Waals surface area contributed by atoms with Crippen molar-refractivity contribution in [3.8, 4) is 11.5 Å². The van der Waals surface area contributed by atoms with Gasteiger partial charge in [-0.05, 0) is 37.4 Å². The molecule has 0 N–H and O–H groups in total. The Morgan fingerprint density at radius 3 is 2.71 bits per heavy atom. The Balaban J connectivity index is 1.82. The molecular formula is C17H16ClN3O2S. The summed E-state index contributed by atoms with van der Waals surface area (Å²) in [6.07, 6.45) is 0. The van der Waals surface area contributed by atoms with E-state index in [4.69, 9.17) is 16.0 Å². The fourth-order valence-corrected chi connectivity index (χ4v) is 3.13. The number of amides is 1. The van der Waals surface area contributed by atoms with Crippen molar-refractivity contribution in [1.82, 2.24) is 15.1 Å². The average molecular weight is 362 g/mol. The maximum absolute atomic E-state index is 12.6. The summed E-state index contributed by atoms with van der Waals surface area (Å²) >= 11 is 7.57. The van der Waals surface area contributed by atoms with Crippen LogP contribution in [0.1, 0.15) is 29.4 Å². The molecular weight excluding hydrogens is 346 g/mol. The van der Waals surface area contributed by atoms with Crippen LogP contribution in [0.3, 0.4) is 0 Å². The Bertz CT molecular complexity index is 830. The zero-order chi connectivity index (χ0) is 17.1. The van der Waals surface area contributed by atoms with Crippen LogP contribution in [-0.4, -0.2) is 27.0 Å². The van der Waals surface area contributed by atoms with Crippen LogP contribution in [0.25, 0.3) is 11.5 Å². The highest BCUT2D eigenvalue weighted by molar-refractivity contribution is 7.12. The number of benzene rings is 1. The van der Waals surface area contributed by atoms with Crippen LogP contribution in [0.5, 0.6) is 0 Å². The first kappa shape index (κ1) is 16.7. The van der Waals surface area contributed by atoms with Gasteiger partial charge in [-0.25, -0.2) is 0 Å². The lowest BCUT2D eigenvalue weighted by Crippen LogP contribution is -2.36. The van der Waals surface area contributed by atoms with Crippen molar-refractivity contribution >= 4 is 28.8 Å². The van der Waals surface area contributed by atoms with E-state index in [1.165, 1.54) is 11.3 Å². The minimum Gasteiger partial charge on any atom is -0.419 e. The molecule has 0 saturated carbocycles. The molecule has 24 heavy (non-hydrogen) atoms. The number of carbonyl (C=O) groups excluding carboxylic acids is 1. The SMILES string of the molecule is CC(C)N(Cc1nnc(-c2ccccc2Cl)o1)C(=O)c1cccs1. The molecule has 0 bridgehead atoms. The quantitative estimate of drug-likeness (QED) is 0.671. The van der Waals surface area contributed by atoms with Crippen LogP contribution in [-0.2, 0) is 6.54 Å². The number of nitrogens with zero attached hydrogens (tertiary/aromatic N) is 3. The fraction of sp³-hybridized carbons (Fsp3) is 0.235. The van der Waals surface area contributed by atoms with Gasteiger partial charge in [-0.2, -0.15) is 0 Å². The molecule has 0 aliphatic rings. The van der Waals surface area contributed by atoms with Crippen molar-refractivity contribution < 1.29 is 9.21 Å². The first-order valence-electron chi connectivity index (χ1n) is 7.48. The lowest BCUT2D eigenvalue weighted by molar-refractivity contribution is 0.0677. The Morgan fingerprint density at radius 2 is 2.04 bits per heavy atom. The van der Waals surface area contributed by atoms with Crippen LogP contribution in [0.2, 0.25) is 5.02 Å². The minimum atomic E-state index is -0.0440. The molecule has 0 saturated heterocycles. The molecule has 0 unspecified atom stereocenters. The van der Waals surface area contributed by atoms with Crippen LogP contribution in [0, 0.1) is 0 Å². The molecule has 0 aliphatic carbocycles. The van der Waals surface area contributed by atoms with Gasteiger partial charge >= 0.3 is 0 Å². The number of halogens is 1. The van der Waals surface area contributed by atoms with Gasteiger partial charge in [-0.3, -0.25) is 4.79 Å². The molecule has 0 atom stereocenters. The van der Waals surface area contributed by atoms with Crippen molar-refractivity contribution in [3.63, 3.8) is 0 Å². The first-order chi connectivity index (χ1) is 11.6. The second kappa shape index (κ2) is 7.15. The van der Waals surface area contributed by atoms with Gasteiger partial charge in [0.25, 0.3) is 5.91 Å². The number of hydrogen-bond donors (Lipinski definition) is 0. The van der Waals surface area contributed by atoms with Crippen LogP contribution < -0.4 is 0 Å². The van der Waals surface area contributed by atoms with Gasteiger partial charge in [0, 0.05) is 6.04 Å². The van der Waals surface area contributed by atoms with E-state index in [1.807, 2.05) is 49.6 Å². The van der Waals surface area contributed by atoms with Crippen molar-refractivity contribution in [1.29, 1.82) is 0 Å². The van der Waals surface area contributed by atoms with Crippen LogP contribution in [0.4, 0.5) is 0 Å². The zero-order valence-corrected chi connectivity index (χ0v) is 14.8. The normalized spacial score (nSPS) is 11.0.